The summed E-state index contributed by atoms with van der Waals surface area (Å²) in [6, 6.07) is 0.0152. The normalized spacial score (nSPS) is 25.3. The summed E-state index contributed by atoms with van der Waals surface area (Å²) in [5.41, 5.74) is 1.23. The lowest BCUT2D eigenvalue weighted by Gasteiger charge is -2.37. The van der Waals surface area contributed by atoms with Crippen LogP contribution in [-0.4, -0.2) is 59.3 Å². The fourth-order valence-electron chi connectivity index (χ4n) is 3.59. The highest BCUT2D eigenvalue weighted by atomic mass is 32.2. The smallest absolute Gasteiger partial charge is 0.263 e. The van der Waals surface area contributed by atoms with Gasteiger partial charge in [0.1, 0.15) is 17.5 Å². The van der Waals surface area contributed by atoms with E-state index in [1.54, 1.807) is 4.31 Å². The van der Waals surface area contributed by atoms with Gasteiger partial charge in [0.15, 0.2) is 0 Å². The zero-order chi connectivity index (χ0) is 16.0. The van der Waals surface area contributed by atoms with Gasteiger partial charge in [0, 0.05) is 25.7 Å². The van der Waals surface area contributed by atoms with Crippen LogP contribution in [0.1, 0.15) is 25.0 Å². The van der Waals surface area contributed by atoms with E-state index in [1.165, 1.54) is 6.33 Å². The van der Waals surface area contributed by atoms with Crippen molar-refractivity contribution in [2.75, 3.05) is 30.3 Å². The number of hydrogen-bond donors (Lipinski definition) is 0. The van der Waals surface area contributed by atoms with E-state index >= 15 is 0 Å². The van der Waals surface area contributed by atoms with Gasteiger partial charge in [-0.2, -0.15) is 9.29 Å². The van der Waals surface area contributed by atoms with Crippen molar-refractivity contribution in [1.29, 1.82) is 0 Å². The Labute approximate surface area is 134 Å². The van der Waals surface area contributed by atoms with Crippen molar-refractivity contribution < 1.29 is 12.9 Å². The molecular formula is C14H19N5O3S. The van der Waals surface area contributed by atoms with E-state index in [0.29, 0.717) is 18.8 Å². The summed E-state index contributed by atoms with van der Waals surface area (Å²) in [7, 11) is -3.09. The van der Waals surface area contributed by atoms with Crippen molar-refractivity contribution in [2.45, 2.75) is 32.2 Å². The zero-order valence-electron chi connectivity index (χ0n) is 13.0. The van der Waals surface area contributed by atoms with Crippen LogP contribution in [0.15, 0.2) is 10.9 Å². The number of hydrogen-bond acceptors (Lipinski definition) is 7. The molecule has 2 saturated heterocycles. The number of aryl methyl sites for hydroxylation is 1. The quantitative estimate of drug-likeness (QED) is 0.805. The van der Waals surface area contributed by atoms with Crippen LogP contribution in [0, 0.1) is 6.92 Å². The predicted molar refractivity (Wildman–Crippen MR) is 84.7 cm³/mol. The average Bonchev–Trinajstić information content (AvgIpc) is 3.10. The van der Waals surface area contributed by atoms with Crippen LogP contribution in [0.25, 0.3) is 11.1 Å². The largest absolute Gasteiger partial charge is 0.354 e. The first-order valence-electron chi connectivity index (χ1n) is 7.88. The molecule has 4 rings (SSSR count). The third-order valence-electron chi connectivity index (χ3n) is 4.66. The summed E-state index contributed by atoms with van der Waals surface area (Å²) in [6.45, 7) is 3.99. The van der Waals surface area contributed by atoms with E-state index in [9.17, 15) is 8.42 Å². The first-order valence-corrected chi connectivity index (χ1v) is 9.48. The molecule has 124 valence electrons. The Morgan fingerprint density at radius 2 is 2.13 bits per heavy atom. The van der Waals surface area contributed by atoms with Gasteiger partial charge >= 0.3 is 0 Å². The van der Waals surface area contributed by atoms with Crippen LogP contribution in [0.3, 0.4) is 0 Å². The molecule has 1 atom stereocenters. The number of fused-ring (bicyclic) bond motifs is 1. The van der Waals surface area contributed by atoms with E-state index < -0.39 is 10.0 Å². The second-order valence-electron chi connectivity index (χ2n) is 6.17. The molecule has 2 fully saturated rings. The van der Waals surface area contributed by atoms with Crippen molar-refractivity contribution in [1.82, 2.24) is 19.4 Å². The molecule has 0 saturated carbocycles. The standard InChI is InChI=1S/C14H19N5O3S/c1-10-12-13(15-9-16-14(12)22-17-10)18-5-2-4-11(8-18)19-6-3-7-23(19,20)21/h9,11H,2-8H2,1H3/t11-/m1/s1. The summed E-state index contributed by atoms with van der Waals surface area (Å²) in [5, 5.41) is 4.78. The Bertz CT molecular complexity index is 834. The molecule has 0 spiro atoms. The highest BCUT2D eigenvalue weighted by Gasteiger charge is 2.37. The van der Waals surface area contributed by atoms with Gasteiger partial charge in [0.25, 0.3) is 5.71 Å². The topological polar surface area (TPSA) is 92.4 Å². The molecule has 2 aliphatic heterocycles. The number of nitrogens with zero attached hydrogens (tertiary/aromatic N) is 5. The molecule has 0 aromatic carbocycles. The number of rotatable bonds is 2. The van der Waals surface area contributed by atoms with Crippen molar-refractivity contribution in [3.8, 4) is 0 Å². The van der Waals surface area contributed by atoms with Crippen LogP contribution >= 0.6 is 0 Å². The monoisotopic (exact) mass is 337 g/mol. The molecule has 23 heavy (non-hydrogen) atoms. The molecule has 0 N–H and O–H groups in total. The van der Waals surface area contributed by atoms with Gasteiger partial charge in [-0.3, -0.25) is 0 Å². The first kappa shape index (κ1) is 14.8. The SMILES string of the molecule is Cc1noc2ncnc(N3CCC[C@@H](N4CCCS4(=O)=O)C3)c12. The third-order valence-corrected chi connectivity index (χ3v) is 6.66. The average molecular weight is 337 g/mol. The Balaban J connectivity index is 1.66. The number of piperidine rings is 1. The minimum absolute atomic E-state index is 0.0152. The first-order chi connectivity index (χ1) is 11.1. The van der Waals surface area contributed by atoms with Gasteiger partial charge in [-0.15, -0.1) is 0 Å². The highest BCUT2D eigenvalue weighted by molar-refractivity contribution is 7.89. The molecule has 0 amide bonds. The highest BCUT2D eigenvalue weighted by Crippen LogP contribution is 2.30. The number of anilines is 1. The van der Waals surface area contributed by atoms with Gasteiger partial charge in [-0.1, -0.05) is 5.16 Å². The lowest BCUT2D eigenvalue weighted by Crippen LogP contribution is -2.48. The van der Waals surface area contributed by atoms with Gasteiger partial charge in [0.05, 0.1) is 11.4 Å². The van der Waals surface area contributed by atoms with Crippen molar-refractivity contribution in [3.63, 3.8) is 0 Å². The maximum Gasteiger partial charge on any atom is 0.263 e. The molecule has 0 radical (unpaired) electrons. The van der Waals surface area contributed by atoms with Crippen molar-refractivity contribution in [3.05, 3.63) is 12.0 Å². The van der Waals surface area contributed by atoms with Crippen LogP contribution in [0.2, 0.25) is 0 Å². The summed E-state index contributed by atoms with van der Waals surface area (Å²) >= 11 is 0. The van der Waals surface area contributed by atoms with E-state index in [1.807, 2.05) is 6.92 Å². The van der Waals surface area contributed by atoms with Gasteiger partial charge in [-0.05, 0) is 26.2 Å². The van der Waals surface area contributed by atoms with E-state index in [4.69, 9.17) is 4.52 Å². The number of sulfonamides is 1. The van der Waals surface area contributed by atoms with Crippen LogP contribution in [0.4, 0.5) is 5.82 Å². The maximum absolute atomic E-state index is 12.2. The summed E-state index contributed by atoms with van der Waals surface area (Å²) in [4.78, 5) is 10.6. The van der Waals surface area contributed by atoms with E-state index in [2.05, 4.69) is 20.0 Å². The zero-order valence-corrected chi connectivity index (χ0v) is 13.8. The Hall–Kier alpha value is -1.74. The summed E-state index contributed by atoms with van der Waals surface area (Å²) < 4.78 is 31.3. The number of aromatic nitrogens is 3. The van der Waals surface area contributed by atoms with Crippen molar-refractivity contribution >= 4 is 26.9 Å². The van der Waals surface area contributed by atoms with Gasteiger partial charge in [0.2, 0.25) is 10.0 Å². The Morgan fingerprint density at radius 1 is 1.26 bits per heavy atom. The van der Waals surface area contributed by atoms with Crippen LogP contribution in [-0.2, 0) is 10.0 Å². The van der Waals surface area contributed by atoms with Crippen molar-refractivity contribution in [2.24, 2.45) is 0 Å². The minimum Gasteiger partial charge on any atom is -0.354 e. The minimum atomic E-state index is -3.09. The molecule has 0 aliphatic carbocycles. The molecular weight excluding hydrogens is 318 g/mol. The molecule has 2 aromatic rings. The maximum atomic E-state index is 12.2. The van der Waals surface area contributed by atoms with E-state index in [-0.39, 0.29) is 11.8 Å². The van der Waals surface area contributed by atoms with Gasteiger partial charge in [-0.25, -0.2) is 13.4 Å². The summed E-state index contributed by atoms with van der Waals surface area (Å²) in [5.74, 6) is 1.06. The lowest BCUT2D eigenvalue weighted by atomic mass is 10.1. The van der Waals surface area contributed by atoms with E-state index in [0.717, 1.165) is 42.7 Å². The molecule has 9 heteroatoms. The second kappa shape index (κ2) is 5.41. The predicted octanol–water partition coefficient (Wildman–Crippen LogP) is 0.931. The summed E-state index contributed by atoms with van der Waals surface area (Å²) in [6.07, 6.45) is 4.03. The third kappa shape index (κ3) is 2.47. The molecule has 4 heterocycles. The molecule has 2 aliphatic rings. The molecule has 8 nitrogen and oxygen atoms in total. The molecule has 0 bridgehead atoms. The fourth-order valence-corrected chi connectivity index (χ4v) is 5.36. The lowest BCUT2D eigenvalue weighted by molar-refractivity contribution is 0.298. The van der Waals surface area contributed by atoms with Crippen LogP contribution in [0.5, 0.6) is 0 Å². The van der Waals surface area contributed by atoms with Gasteiger partial charge < -0.3 is 9.42 Å². The molecule has 0 unspecified atom stereocenters. The second-order valence-corrected chi connectivity index (χ2v) is 8.21. The van der Waals surface area contributed by atoms with Crippen LogP contribution < -0.4 is 4.90 Å². The molecule has 2 aromatic heterocycles. The fraction of sp³-hybridized carbons (Fsp3) is 0.643. The Kier molecular flexibility index (Phi) is 3.49. The Morgan fingerprint density at radius 3 is 2.91 bits per heavy atom.